The molecule has 0 N–H and O–H groups in total. The Balaban J connectivity index is 1.91. The molecule has 17 heavy (non-hydrogen) atoms. The van der Waals surface area contributed by atoms with Crippen LogP contribution in [0.25, 0.3) is 0 Å². The van der Waals surface area contributed by atoms with Crippen LogP contribution in [0.2, 0.25) is 0 Å². The Labute approximate surface area is 107 Å². The van der Waals surface area contributed by atoms with E-state index in [9.17, 15) is 0 Å². The van der Waals surface area contributed by atoms with Gasteiger partial charge in [0.1, 0.15) is 0 Å². The molecule has 0 amide bonds. The Morgan fingerprint density at radius 2 is 1.59 bits per heavy atom. The zero-order chi connectivity index (χ0) is 12.6. The summed E-state index contributed by atoms with van der Waals surface area (Å²) in [5, 5.41) is 0. The Bertz CT molecular complexity index is 242. The molecular weight excluding hydrogens is 210 g/mol. The number of hydrogen-bond donors (Lipinski definition) is 0. The summed E-state index contributed by atoms with van der Waals surface area (Å²) in [6.07, 6.45) is 1.36. The molecule has 0 bridgehead atoms. The molecule has 2 saturated heterocycles. The van der Waals surface area contributed by atoms with E-state index in [0.717, 1.165) is 6.04 Å². The van der Waals surface area contributed by atoms with Gasteiger partial charge in [-0.25, -0.2) is 0 Å². The number of nitrogens with zero attached hydrogens (tertiary/aromatic N) is 3. The zero-order valence-electron chi connectivity index (χ0n) is 12.2. The van der Waals surface area contributed by atoms with Crippen LogP contribution >= 0.6 is 0 Å². The van der Waals surface area contributed by atoms with Crippen LogP contribution in [0.15, 0.2) is 0 Å². The van der Waals surface area contributed by atoms with Crippen molar-refractivity contribution in [1.82, 2.24) is 14.7 Å². The van der Waals surface area contributed by atoms with Gasteiger partial charge in [0.2, 0.25) is 0 Å². The second kappa shape index (κ2) is 5.25. The van der Waals surface area contributed by atoms with Crippen LogP contribution in [-0.2, 0) is 0 Å². The van der Waals surface area contributed by atoms with Crippen molar-refractivity contribution >= 4 is 0 Å². The summed E-state index contributed by atoms with van der Waals surface area (Å²) < 4.78 is 0. The van der Waals surface area contributed by atoms with E-state index in [1.807, 2.05) is 0 Å². The highest BCUT2D eigenvalue weighted by atomic mass is 15.3. The Hall–Kier alpha value is -0.120. The second-order valence-corrected chi connectivity index (χ2v) is 6.35. The SMILES string of the molecule is CC(C)N1CCC(N2CC(C)N(C)C(C)C2)C1. The van der Waals surface area contributed by atoms with E-state index >= 15 is 0 Å². The molecule has 0 spiro atoms. The summed E-state index contributed by atoms with van der Waals surface area (Å²) in [7, 11) is 2.27. The molecule has 2 rings (SSSR count). The third-order valence-electron chi connectivity index (χ3n) is 4.83. The van der Waals surface area contributed by atoms with Gasteiger partial charge in [-0.05, 0) is 41.2 Å². The van der Waals surface area contributed by atoms with Crippen LogP contribution in [0.4, 0.5) is 0 Å². The van der Waals surface area contributed by atoms with Gasteiger partial charge < -0.3 is 0 Å². The normalized spacial score (nSPS) is 38.1. The highest BCUT2D eigenvalue weighted by Gasteiger charge is 2.34. The largest absolute Gasteiger partial charge is 0.299 e. The molecular formula is C14H29N3. The van der Waals surface area contributed by atoms with Crippen LogP contribution in [0.3, 0.4) is 0 Å². The van der Waals surface area contributed by atoms with Gasteiger partial charge in [0.15, 0.2) is 0 Å². The Morgan fingerprint density at radius 1 is 1.00 bits per heavy atom. The number of likely N-dealkylation sites (tertiary alicyclic amines) is 1. The molecule has 3 atom stereocenters. The number of rotatable bonds is 2. The minimum atomic E-state index is 0.701. The molecule has 2 heterocycles. The van der Waals surface area contributed by atoms with Crippen molar-refractivity contribution in [3.8, 4) is 0 Å². The van der Waals surface area contributed by atoms with E-state index in [1.54, 1.807) is 0 Å². The fourth-order valence-electron chi connectivity index (χ4n) is 3.28. The summed E-state index contributed by atoms with van der Waals surface area (Å²) in [6.45, 7) is 14.4. The standard InChI is InChI=1S/C14H29N3/c1-11(2)16-7-6-14(10-16)17-8-12(3)15(5)13(4)9-17/h11-14H,6-10H2,1-5H3. The number of likely N-dealkylation sites (N-methyl/N-ethyl adjacent to an activating group) is 1. The second-order valence-electron chi connectivity index (χ2n) is 6.35. The third kappa shape index (κ3) is 2.83. The van der Waals surface area contributed by atoms with Crippen molar-refractivity contribution < 1.29 is 0 Å². The van der Waals surface area contributed by atoms with Crippen LogP contribution in [0.5, 0.6) is 0 Å². The molecule has 0 aromatic carbocycles. The van der Waals surface area contributed by atoms with E-state index in [2.05, 4.69) is 49.4 Å². The van der Waals surface area contributed by atoms with E-state index < -0.39 is 0 Å². The van der Waals surface area contributed by atoms with Crippen LogP contribution in [-0.4, -0.2) is 72.1 Å². The van der Waals surface area contributed by atoms with Gasteiger partial charge in [0, 0.05) is 50.3 Å². The molecule has 2 fully saturated rings. The predicted molar refractivity (Wildman–Crippen MR) is 73.4 cm³/mol. The lowest BCUT2D eigenvalue weighted by Gasteiger charge is -2.45. The molecule has 0 aromatic heterocycles. The lowest BCUT2D eigenvalue weighted by atomic mass is 10.1. The average Bonchev–Trinajstić information content (AvgIpc) is 2.74. The van der Waals surface area contributed by atoms with E-state index in [0.29, 0.717) is 18.1 Å². The molecule has 3 unspecified atom stereocenters. The lowest BCUT2D eigenvalue weighted by Crippen LogP contribution is -2.58. The summed E-state index contributed by atoms with van der Waals surface area (Å²) in [5.41, 5.74) is 0. The van der Waals surface area contributed by atoms with Gasteiger partial charge in [-0.2, -0.15) is 0 Å². The minimum Gasteiger partial charge on any atom is -0.299 e. The van der Waals surface area contributed by atoms with E-state index in [1.165, 1.54) is 32.6 Å². The topological polar surface area (TPSA) is 9.72 Å². The molecule has 3 heteroatoms. The summed E-state index contributed by atoms with van der Waals surface area (Å²) >= 11 is 0. The molecule has 2 aliphatic heterocycles. The Morgan fingerprint density at radius 3 is 2.06 bits per heavy atom. The third-order valence-corrected chi connectivity index (χ3v) is 4.83. The minimum absolute atomic E-state index is 0.701. The van der Waals surface area contributed by atoms with E-state index in [-0.39, 0.29) is 0 Å². The smallest absolute Gasteiger partial charge is 0.0236 e. The average molecular weight is 239 g/mol. The maximum Gasteiger partial charge on any atom is 0.0236 e. The van der Waals surface area contributed by atoms with Crippen molar-refractivity contribution in [3.63, 3.8) is 0 Å². The van der Waals surface area contributed by atoms with Gasteiger partial charge in [0.25, 0.3) is 0 Å². The van der Waals surface area contributed by atoms with Crippen molar-refractivity contribution in [2.45, 2.75) is 58.3 Å². The first-order valence-electron chi connectivity index (χ1n) is 7.19. The molecule has 100 valence electrons. The van der Waals surface area contributed by atoms with Gasteiger partial charge >= 0.3 is 0 Å². The lowest BCUT2D eigenvalue weighted by molar-refractivity contribution is 0.0349. The van der Waals surface area contributed by atoms with Gasteiger partial charge in [0.05, 0.1) is 0 Å². The molecule has 2 aliphatic rings. The number of piperazine rings is 1. The van der Waals surface area contributed by atoms with Crippen molar-refractivity contribution in [2.24, 2.45) is 0 Å². The molecule has 3 nitrogen and oxygen atoms in total. The quantitative estimate of drug-likeness (QED) is 0.723. The first-order chi connectivity index (χ1) is 7.99. The van der Waals surface area contributed by atoms with Gasteiger partial charge in [-0.1, -0.05) is 0 Å². The fraction of sp³-hybridized carbons (Fsp3) is 1.00. The van der Waals surface area contributed by atoms with Crippen LogP contribution < -0.4 is 0 Å². The highest BCUT2D eigenvalue weighted by molar-refractivity contribution is 4.91. The molecule has 0 aliphatic carbocycles. The zero-order valence-corrected chi connectivity index (χ0v) is 12.2. The molecule has 0 aromatic rings. The maximum absolute atomic E-state index is 2.73. The van der Waals surface area contributed by atoms with Crippen molar-refractivity contribution in [2.75, 3.05) is 33.2 Å². The van der Waals surface area contributed by atoms with Gasteiger partial charge in [-0.3, -0.25) is 14.7 Å². The summed E-state index contributed by atoms with van der Waals surface area (Å²) in [5.74, 6) is 0. The van der Waals surface area contributed by atoms with Crippen LogP contribution in [0, 0.1) is 0 Å². The summed E-state index contributed by atoms with van der Waals surface area (Å²) in [6, 6.07) is 2.91. The first kappa shape index (κ1) is 13.3. The number of hydrogen-bond acceptors (Lipinski definition) is 3. The summed E-state index contributed by atoms with van der Waals surface area (Å²) in [4.78, 5) is 7.88. The van der Waals surface area contributed by atoms with Crippen molar-refractivity contribution in [1.29, 1.82) is 0 Å². The predicted octanol–water partition coefficient (Wildman–Crippen LogP) is 1.49. The monoisotopic (exact) mass is 239 g/mol. The Kier molecular flexibility index (Phi) is 4.11. The first-order valence-corrected chi connectivity index (χ1v) is 7.19. The van der Waals surface area contributed by atoms with Gasteiger partial charge in [-0.15, -0.1) is 0 Å². The van der Waals surface area contributed by atoms with Crippen LogP contribution in [0.1, 0.15) is 34.1 Å². The maximum atomic E-state index is 2.73. The fourth-order valence-corrected chi connectivity index (χ4v) is 3.28. The van der Waals surface area contributed by atoms with Crippen molar-refractivity contribution in [3.05, 3.63) is 0 Å². The van der Waals surface area contributed by atoms with E-state index in [4.69, 9.17) is 0 Å². The molecule has 0 saturated carbocycles. The molecule has 0 radical (unpaired) electrons. The highest BCUT2D eigenvalue weighted by Crippen LogP contribution is 2.22.